The molecule has 0 amide bonds. The summed E-state index contributed by atoms with van der Waals surface area (Å²) >= 11 is 0. The molecule has 1 aliphatic rings. The molecule has 16 heavy (non-hydrogen) atoms. The molecule has 2 heterocycles. The molecule has 4 nitrogen and oxygen atoms in total. The van der Waals surface area contributed by atoms with E-state index in [1.807, 2.05) is 12.5 Å². The van der Waals surface area contributed by atoms with Crippen molar-refractivity contribution in [3.8, 4) is 0 Å². The molecule has 0 radical (unpaired) electrons. The van der Waals surface area contributed by atoms with Crippen LogP contribution in [-0.4, -0.2) is 28.7 Å². The second kappa shape index (κ2) is 6.01. The number of aryl methyl sites for hydroxylation is 1. The minimum atomic E-state index is 0.422. The first-order chi connectivity index (χ1) is 7.90. The van der Waals surface area contributed by atoms with Gasteiger partial charge in [-0.05, 0) is 32.4 Å². The van der Waals surface area contributed by atoms with Crippen molar-refractivity contribution < 1.29 is 4.74 Å². The van der Waals surface area contributed by atoms with E-state index in [9.17, 15) is 0 Å². The fourth-order valence-electron chi connectivity index (χ4n) is 2.08. The summed E-state index contributed by atoms with van der Waals surface area (Å²) in [6, 6.07) is 0. The second-order valence-electron chi connectivity index (χ2n) is 4.34. The van der Waals surface area contributed by atoms with Gasteiger partial charge in [0, 0.05) is 6.54 Å². The van der Waals surface area contributed by atoms with Gasteiger partial charge in [-0.3, -0.25) is 0 Å². The predicted octanol–water partition coefficient (Wildman–Crippen LogP) is 1.56. The van der Waals surface area contributed by atoms with Crippen molar-refractivity contribution in [2.24, 2.45) is 0 Å². The lowest BCUT2D eigenvalue weighted by molar-refractivity contribution is 0.0182. The van der Waals surface area contributed by atoms with E-state index in [1.54, 1.807) is 0 Å². The molecule has 2 rings (SSSR count). The number of ether oxygens (including phenoxy) is 1. The van der Waals surface area contributed by atoms with E-state index in [1.165, 1.54) is 5.69 Å². The van der Waals surface area contributed by atoms with Crippen LogP contribution in [0.2, 0.25) is 0 Å². The van der Waals surface area contributed by atoms with E-state index in [-0.39, 0.29) is 0 Å². The standard InChI is InChI=1S/C12H21N3O/c1-2-7-15-10-14-8-11(15)9-16-12-3-5-13-6-4-12/h8,10,12-13H,2-7,9H2,1H3. The van der Waals surface area contributed by atoms with Crippen molar-refractivity contribution in [2.75, 3.05) is 13.1 Å². The first kappa shape index (κ1) is 11.6. The van der Waals surface area contributed by atoms with Crippen LogP contribution in [0.15, 0.2) is 12.5 Å². The third-order valence-electron chi connectivity index (χ3n) is 3.02. The van der Waals surface area contributed by atoms with Crippen LogP contribution in [0.3, 0.4) is 0 Å². The molecule has 0 saturated carbocycles. The van der Waals surface area contributed by atoms with Crippen LogP contribution in [-0.2, 0) is 17.9 Å². The third-order valence-corrected chi connectivity index (χ3v) is 3.02. The molecule has 4 heteroatoms. The highest BCUT2D eigenvalue weighted by atomic mass is 16.5. The van der Waals surface area contributed by atoms with Crippen molar-refractivity contribution >= 4 is 0 Å². The van der Waals surface area contributed by atoms with Gasteiger partial charge in [0.25, 0.3) is 0 Å². The number of hydrogen-bond acceptors (Lipinski definition) is 3. The SMILES string of the molecule is CCCn1cncc1COC1CCNCC1. The first-order valence-corrected chi connectivity index (χ1v) is 6.21. The fraction of sp³-hybridized carbons (Fsp3) is 0.750. The molecule has 1 saturated heterocycles. The number of nitrogens with zero attached hydrogens (tertiary/aromatic N) is 2. The van der Waals surface area contributed by atoms with Crippen LogP contribution < -0.4 is 5.32 Å². The molecule has 90 valence electrons. The van der Waals surface area contributed by atoms with Gasteiger partial charge in [-0.15, -0.1) is 0 Å². The van der Waals surface area contributed by atoms with E-state index >= 15 is 0 Å². The molecular weight excluding hydrogens is 202 g/mol. The Kier molecular flexibility index (Phi) is 4.36. The molecule has 1 aromatic heterocycles. The third kappa shape index (κ3) is 3.06. The van der Waals surface area contributed by atoms with Crippen LogP contribution >= 0.6 is 0 Å². The molecule has 1 N–H and O–H groups in total. The van der Waals surface area contributed by atoms with Gasteiger partial charge in [0.15, 0.2) is 0 Å². The van der Waals surface area contributed by atoms with E-state index in [0.29, 0.717) is 12.7 Å². The van der Waals surface area contributed by atoms with E-state index < -0.39 is 0 Å². The maximum absolute atomic E-state index is 5.91. The summed E-state index contributed by atoms with van der Waals surface area (Å²) in [5, 5.41) is 3.34. The number of nitrogens with one attached hydrogen (secondary N) is 1. The van der Waals surface area contributed by atoms with Gasteiger partial charge in [-0.25, -0.2) is 4.98 Å². The molecular formula is C12H21N3O. The Bertz CT molecular complexity index is 305. The normalized spacial score (nSPS) is 17.8. The van der Waals surface area contributed by atoms with Crippen LogP contribution in [0.5, 0.6) is 0 Å². The molecule has 0 atom stereocenters. The lowest BCUT2D eigenvalue weighted by atomic mass is 10.1. The second-order valence-corrected chi connectivity index (χ2v) is 4.34. The summed E-state index contributed by atoms with van der Waals surface area (Å²) in [6.07, 6.45) is 7.62. The number of rotatable bonds is 5. The highest BCUT2D eigenvalue weighted by molar-refractivity contribution is 4.96. The Morgan fingerprint density at radius 1 is 1.50 bits per heavy atom. The number of aromatic nitrogens is 2. The molecule has 0 aliphatic carbocycles. The van der Waals surface area contributed by atoms with Gasteiger partial charge in [-0.1, -0.05) is 6.92 Å². The zero-order valence-electron chi connectivity index (χ0n) is 9.98. The van der Waals surface area contributed by atoms with Gasteiger partial charge in [0.1, 0.15) is 0 Å². The van der Waals surface area contributed by atoms with E-state index in [2.05, 4.69) is 21.8 Å². The van der Waals surface area contributed by atoms with E-state index in [4.69, 9.17) is 4.74 Å². The zero-order valence-corrected chi connectivity index (χ0v) is 9.98. The van der Waals surface area contributed by atoms with E-state index in [0.717, 1.165) is 38.9 Å². The van der Waals surface area contributed by atoms with Crippen LogP contribution in [0.4, 0.5) is 0 Å². The summed E-state index contributed by atoms with van der Waals surface area (Å²) in [6.45, 7) is 6.07. The minimum absolute atomic E-state index is 0.422. The maximum Gasteiger partial charge on any atom is 0.0948 e. The van der Waals surface area contributed by atoms with Crippen molar-refractivity contribution in [1.29, 1.82) is 0 Å². The molecule has 1 aliphatic heterocycles. The molecule has 0 bridgehead atoms. The first-order valence-electron chi connectivity index (χ1n) is 6.21. The van der Waals surface area contributed by atoms with Crippen molar-refractivity contribution in [2.45, 2.75) is 45.4 Å². The summed E-state index contributed by atoms with van der Waals surface area (Å²) in [7, 11) is 0. The molecule has 0 aromatic carbocycles. The van der Waals surface area contributed by atoms with Gasteiger partial charge >= 0.3 is 0 Å². The monoisotopic (exact) mass is 223 g/mol. The smallest absolute Gasteiger partial charge is 0.0948 e. The molecule has 1 fully saturated rings. The lowest BCUT2D eigenvalue weighted by Gasteiger charge is -2.23. The van der Waals surface area contributed by atoms with Gasteiger partial charge in [0.2, 0.25) is 0 Å². The lowest BCUT2D eigenvalue weighted by Crippen LogP contribution is -2.32. The molecule has 0 spiro atoms. The summed E-state index contributed by atoms with van der Waals surface area (Å²) in [5.41, 5.74) is 1.19. The molecule has 1 aromatic rings. The minimum Gasteiger partial charge on any atom is -0.372 e. The summed E-state index contributed by atoms with van der Waals surface area (Å²) in [5.74, 6) is 0. The topological polar surface area (TPSA) is 39.1 Å². The summed E-state index contributed by atoms with van der Waals surface area (Å²) in [4.78, 5) is 4.18. The van der Waals surface area contributed by atoms with Gasteiger partial charge < -0.3 is 14.6 Å². The maximum atomic E-state index is 5.91. The van der Waals surface area contributed by atoms with Crippen LogP contribution in [0, 0.1) is 0 Å². The predicted molar refractivity (Wildman–Crippen MR) is 63.2 cm³/mol. The summed E-state index contributed by atoms with van der Waals surface area (Å²) < 4.78 is 8.10. The van der Waals surface area contributed by atoms with Crippen LogP contribution in [0.25, 0.3) is 0 Å². The Labute approximate surface area is 97.0 Å². The van der Waals surface area contributed by atoms with Gasteiger partial charge in [0.05, 0.1) is 30.9 Å². The quantitative estimate of drug-likeness (QED) is 0.823. The highest BCUT2D eigenvalue weighted by Crippen LogP contribution is 2.11. The fourth-order valence-corrected chi connectivity index (χ4v) is 2.08. The largest absolute Gasteiger partial charge is 0.372 e. The van der Waals surface area contributed by atoms with Crippen molar-refractivity contribution in [1.82, 2.24) is 14.9 Å². The zero-order chi connectivity index (χ0) is 11.2. The van der Waals surface area contributed by atoms with Crippen molar-refractivity contribution in [3.05, 3.63) is 18.2 Å². The molecule has 0 unspecified atom stereocenters. The number of piperidine rings is 1. The van der Waals surface area contributed by atoms with Crippen LogP contribution in [0.1, 0.15) is 31.9 Å². The average molecular weight is 223 g/mol. The Morgan fingerprint density at radius 2 is 2.31 bits per heavy atom. The number of imidazole rings is 1. The average Bonchev–Trinajstić information content (AvgIpc) is 2.76. The Hall–Kier alpha value is -0.870. The Balaban J connectivity index is 1.81. The Morgan fingerprint density at radius 3 is 3.06 bits per heavy atom. The van der Waals surface area contributed by atoms with Crippen molar-refractivity contribution in [3.63, 3.8) is 0 Å². The van der Waals surface area contributed by atoms with Gasteiger partial charge in [-0.2, -0.15) is 0 Å². The number of hydrogen-bond donors (Lipinski definition) is 1. The highest BCUT2D eigenvalue weighted by Gasteiger charge is 2.13.